The largest absolute Gasteiger partial charge is 0.338 e. The molecule has 0 radical (unpaired) electrons. The van der Waals surface area contributed by atoms with Gasteiger partial charge in [0.1, 0.15) is 0 Å². The lowest BCUT2D eigenvalue weighted by molar-refractivity contribution is 0.391. The molecule has 0 atom stereocenters. The lowest BCUT2D eigenvalue weighted by atomic mass is 10.2. The number of nitrogens with zero attached hydrogens (tertiary/aromatic N) is 4. The van der Waals surface area contributed by atoms with E-state index in [1.807, 2.05) is 66.2 Å². The summed E-state index contributed by atoms with van der Waals surface area (Å²) in [5, 5.41) is 9.16. The van der Waals surface area contributed by atoms with Crippen LogP contribution in [0.2, 0.25) is 0 Å². The standard InChI is InChI=1S/C22H16N4O2S2/c1-14-6-8-16(9-7-14)26-21(27)17-4-2-3-5-18(17)23-22(26)30-13-19-24-20(25-28-19)15-10-11-29-12-15/h2-12H,13H2,1H3. The maximum Gasteiger partial charge on any atom is 0.266 e. The lowest BCUT2D eigenvalue weighted by Gasteiger charge is -2.12. The topological polar surface area (TPSA) is 73.8 Å². The van der Waals surface area contributed by atoms with Gasteiger partial charge in [0.05, 0.1) is 22.3 Å². The molecular formula is C22H16N4O2S2. The van der Waals surface area contributed by atoms with Crippen molar-refractivity contribution in [1.29, 1.82) is 0 Å². The molecule has 6 nitrogen and oxygen atoms in total. The van der Waals surface area contributed by atoms with Crippen LogP contribution in [0.5, 0.6) is 0 Å². The van der Waals surface area contributed by atoms with Gasteiger partial charge in [0.15, 0.2) is 5.16 Å². The predicted octanol–water partition coefficient (Wildman–Crippen LogP) is 5.10. The van der Waals surface area contributed by atoms with Gasteiger partial charge in [-0.3, -0.25) is 9.36 Å². The first-order chi connectivity index (χ1) is 14.7. The highest BCUT2D eigenvalue weighted by molar-refractivity contribution is 7.98. The molecule has 0 aliphatic rings. The van der Waals surface area contributed by atoms with E-state index in [0.29, 0.717) is 33.5 Å². The summed E-state index contributed by atoms with van der Waals surface area (Å²) < 4.78 is 7.04. The minimum atomic E-state index is -0.101. The van der Waals surface area contributed by atoms with Gasteiger partial charge >= 0.3 is 0 Å². The summed E-state index contributed by atoms with van der Waals surface area (Å²) in [5.74, 6) is 1.46. The van der Waals surface area contributed by atoms with Crippen LogP contribution in [0.3, 0.4) is 0 Å². The van der Waals surface area contributed by atoms with Gasteiger partial charge in [0.2, 0.25) is 11.7 Å². The first kappa shape index (κ1) is 18.8. The number of thiophene rings is 1. The normalized spacial score (nSPS) is 11.2. The highest BCUT2D eigenvalue weighted by atomic mass is 32.2. The van der Waals surface area contributed by atoms with Crippen LogP contribution in [0, 0.1) is 6.92 Å². The molecule has 0 saturated heterocycles. The molecule has 0 unspecified atom stereocenters. The van der Waals surface area contributed by atoms with E-state index < -0.39 is 0 Å². The Kier molecular flexibility index (Phi) is 4.94. The first-order valence-electron chi connectivity index (χ1n) is 9.26. The van der Waals surface area contributed by atoms with E-state index in [4.69, 9.17) is 9.51 Å². The van der Waals surface area contributed by atoms with Crippen LogP contribution < -0.4 is 5.56 Å². The Balaban J connectivity index is 1.53. The van der Waals surface area contributed by atoms with Crippen LogP contribution in [0.15, 0.2) is 79.8 Å². The number of aromatic nitrogens is 4. The van der Waals surface area contributed by atoms with E-state index in [1.54, 1.807) is 22.0 Å². The van der Waals surface area contributed by atoms with Crippen molar-refractivity contribution < 1.29 is 4.52 Å². The monoisotopic (exact) mass is 432 g/mol. The quantitative estimate of drug-likeness (QED) is 0.284. The Morgan fingerprint density at radius 1 is 1.07 bits per heavy atom. The fraction of sp³-hybridized carbons (Fsp3) is 0.0909. The summed E-state index contributed by atoms with van der Waals surface area (Å²) in [6, 6.07) is 17.2. The van der Waals surface area contributed by atoms with Crippen molar-refractivity contribution in [3.63, 3.8) is 0 Å². The minimum Gasteiger partial charge on any atom is -0.338 e. The van der Waals surface area contributed by atoms with Gasteiger partial charge in [-0.1, -0.05) is 46.7 Å². The zero-order valence-corrected chi connectivity index (χ0v) is 17.6. The zero-order chi connectivity index (χ0) is 20.5. The van der Waals surface area contributed by atoms with Crippen LogP contribution in [-0.4, -0.2) is 19.7 Å². The molecule has 0 amide bonds. The number of rotatable bonds is 5. The Morgan fingerprint density at radius 2 is 1.90 bits per heavy atom. The van der Waals surface area contributed by atoms with Crippen LogP contribution in [0.4, 0.5) is 0 Å². The molecule has 0 aliphatic carbocycles. The van der Waals surface area contributed by atoms with E-state index >= 15 is 0 Å². The molecule has 0 N–H and O–H groups in total. The molecule has 0 spiro atoms. The molecule has 0 bridgehead atoms. The molecular weight excluding hydrogens is 416 g/mol. The highest BCUT2D eigenvalue weighted by Gasteiger charge is 2.15. The third-order valence-electron chi connectivity index (χ3n) is 4.61. The summed E-state index contributed by atoms with van der Waals surface area (Å²) in [5.41, 5.74) is 3.40. The van der Waals surface area contributed by atoms with Crippen LogP contribution in [-0.2, 0) is 5.75 Å². The van der Waals surface area contributed by atoms with Gasteiger partial charge in [-0.15, -0.1) is 0 Å². The van der Waals surface area contributed by atoms with Crippen molar-refractivity contribution >= 4 is 34.0 Å². The van der Waals surface area contributed by atoms with Gasteiger partial charge < -0.3 is 4.52 Å². The molecule has 5 rings (SSSR count). The third kappa shape index (κ3) is 3.55. The number of fused-ring (bicyclic) bond motifs is 1. The maximum atomic E-state index is 13.3. The number of thioether (sulfide) groups is 1. The SMILES string of the molecule is Cc1ccc(-n2c(SCc3nc(-c4ccsc4)no3)nc3ccccc3c2=O)cc1. The summed E-state index contributed by atoms with van der Waals surface area (Å²) in [4.78, 5) is 22.5. The van der Waals surface area contributed by atoms with Gasteiger partial charge in [0.25, 0.3) is 5.56 Å². The van der Waals surface area contributed by atoms with Crippen molar-refractivity contribution in [2.24, 2.45) is 0 Å². The van der Waals surface area contributed by atoms with Gasteiger partial charge in [-0.25, -0.2) is 4.98 Å². The Morgan fingerprint density at radius 3 is 2.70 bits per heavy atom. The summed E-state index contributed by atoms with van der Waals surface area (Å²) >= 11 is 2.98. The molecule has 8 heteroatoms. The molecule has 3 heterocycles. The van der Waals surface area contributed by atoms with Gasteiger partial charge in [-0.05, 0) is 42.6 Å². The maximum absolute atomic E-state index is 13.3. The number of para-hydroxylation sites is 1. The van der Waals surface area contributed by atoms with E-state index in [2.05, 4.69) is 10.1 Å². The van der Waals surface area contributed by atoms with Gasteiger partial charge in [0, 0.05) is 10.9 Å². The second-order valence-corrected chi connectivity index (χ2v) is 8.42. The van der Waals surface area contributed by atoms with Crippen LogP contribution in [0.1, 0.15) is 11.5 Å². The predicted molar refractivity (Wildman–Crippen MR) is 119 cm³/mol. The average molecular weight is 433 g/mol. The molecule has 0 saturated carbocycles. The van der Waals surface area contributed by atoms with Crippen molar-refractivity contribution in [2.45, 2.75) is 17.8 Å². The molecule has 5 aromatic rings. The first-order valence-corrected chi connectivity index (χ1v) is 11.2. The molecule has 0 fully saturated rings. The van der Waals surface area contributed by atoms with E-state index in [1.165, 1.54) is 11.8 Å². The second kappa shape index (κ2) is 7.89. The average Bonchev–Trinajstić information content (AvgIpc) is 3.45. The summed E-state index contributed by atoms with van der Waals surface area (Å²) in [6.07, 6.45) is 0. The number of aryl methyl sites for hydroxylation is 1. The van der Waals surface area contributed by atoms with Crippen molar-refractivity contribution in [2.75, 3.05) is 0 Å². The van der Waals surface area contributed by atoms with E-state index in [0.717, 1.165) is 16.8 Å². The summed E-state index contributed by atoms with van der Waals surface area (Å²) in [6.45, 7) is 2.02. The van der Waals surface area contributed by atoms with E-state index in [9.17, 15) is 4.79 Å². The van der Waals surface area contributed by atoms with E-state index in [-0.39, 0.29) is 5.56 Å². The van der Waals surface area contributed by atoms with Crippen molar-refractivity contribution in [1.82, 2.24) is 19.7 Å². The zero-order valence-electron chi connectivity index (χ0n) is 16.0. The molecule has 0 aliphatic heterocycles. The Hall–Kier alpha value is -3.23. The third-order valence-corrected chi connectivity index (χ3v) is 6.22. The number of benzene rings is 2. The van der Waals surface area contributed by atoms with Crippen LogP contribution in [0.25, 0.3) is 28.0 Å². The van der Waals surface area contributed by atoms with Crippen molar-refractivity contribution in [3.05, 3.63) is 87.2 Å². The smallest absolute Gasteiger partial charge is 0.266 e. The summed E-state index contributed by atoms with van der Waals surface area (Å²) in [7, 11) is 0. The molecule has 2 aromatic carbocycles. The fourth-order valence-electron chi connectivity index (χ4n) is 3.08. The van der Waals surface area contributed by atoms with Crippen LogP contribution >= 0.6 is 23.1 Å². The Labute approximate surface area is 180 Å². The number of hydrogen-bond donors (Lipinski definition) is 0. The minimum absolute atomic E-state index is 0.101. The molecule has 148 valence electrons. The fourth-order valence-corrected chi connectivity index (χ4v) is 4.56. The molecule has 3 aromatic heterocycles. The van der Waals surface area contributed by atoms with Gasteiger partial charge in [-0.2, -0.15) is 16.3 Å². The second-order valence-electron chi connectivity index (χ2n) is 6.70. The van der Waals surface area contributed by atoms with Crippen molar-refractivity contribution in [3.8, 4) is 17.1 Å². The highest BCUT2D eigenvalue weighted by Crippen LogP contribution is 2.26. The lowest BCUT2D eigenvalue weighted by Crippen LogP contribution is -2.21. The number of hydrogen-bond acceptors (Lipinski definition) is 7. The Bertz CT molecular complexity index is 1370. The molecule has 30 heavy (non-hydrogen) atoms.